The van der Waals surface area contributed by atoms with Crippen LogP contribution in [0.5, 0.6) is 0 Å². The highest BCUT2D eigenvalue weighted by Gasteiger charge is 2.26. The summed E-state index contributed by atoms with van der Waals surface area (Å²) in [5.74, 6) is 0.830. The zero-order valence-corrected chi connectivity index (χ0v) is 16.0. The molecule has 0 spiro atoms. The van der Waals surface area contributed by atoms with E-state index in [1.54, 1.807) is 0 Å². The van der Waals surface area contributed by atoms with E-state index in [1.807, 2.05) is 11.0 Å². The number of hydrogen-bond donors (Lipinski definition) is 0. The number of amides is 1. The van der Waals surface area contributed by atoms with Crippen LogP contribution in [0, 0.1) is 0 Å². The normalized spacial score (nSPS) is 19.3. The molecule has 0 saturated carbocycles. The predicted octanol–water partition coefficient (Wildman–Crippen LogP) is 3.72. The van der Waals surface area contributed by atoms with Crippen LogP contribution in [0.4, 0.5) is 0 Å². The minimum Gasteiger partial charge on any atom is -0.351 e. The topological polar surface area (TPSA) is 49.6 Å². The monoisotopic (exact) mass is 367 g/mol. The molecule has 1 aromatic carbocycles. The van der Waals surface area contributed by atoms with Crippen molar-refractivity contribution in [2.45, 2.75) is 44.4 Å². The lowest BCUT2D eigenvalue weighted by molar-refractivity contribution is 0.0682. The van der Waals surface area contributed by atoms with Crippen LogP contribution in [0.3, 0.4) is 0 Å². The molecular formula is C22H29N3O2. The van der Waals surface area contributed by atoms with Gasteiger partial charge in [0, 0.05) is 31.6 Å². The molecule has 5 nitrogen and oxygen atoms in total. The van der Waals surface area contributed by atoms with Crippen molar-refractivity contribution in [2.75, 3.05) is 32.7 Å². The molecule has 2 saturated heterocycles. The highest BCUT2D eigenvalue weighted by Crippen LogP contribution is 2.28. The molecule has 0 aliphatic carbocycles. The number of benzene rings is 1. The van der Waals surface area contributed by atoms with Crippen molar-refractivity contribution in [1.82, 2.24) is 15.0 Å². The van der Waals surface area contributed by atoms with Crippen molar-refractivity contribution in [3.63, 3.8) is 0 Å². The van der Waals surface area contributed by atoms with E-state index in [9.17, 15) is 4.79 Å². The Morgan fingerprint density at radius 2 is 1.78 bits per heavy atom. The van der Waals surface area contributed by atoms with Gasteiger partial charge < -0.3 is 14.3 Å². The van der Waals surface area contributed by atoms with E-state index in [4.69, 9.17) is 4.52 Å². The highest BCUT2D eigenvalue weighted by atomic mass is 16.5. The van der Waals surface area contributed by atoms with Gasteiger partial charge in [-0.25, -0.2) is 0 Å². The molecule has 27 heavy (non-hydrogen) atoms. The second kappa shape index (κ2) is 8.70. The predicted molar refractivity (Wildman–Crippen MR) is 105 cm³/mol. The first-order valence-electron chi connectivity index (χ1n) is 10.3. The second-order valence-electron chi connectivity index (χ2n) is 7.82. The van der Waals surface area contributed by atoms with E-state index in [0.717, 1.165) is 70.5 Å². The van der Waals surface area contributed by atoms with E-state index in [1.165, 1.54) is 12.0 Å². The lowest BCUT2D eigenvalue weighted by atomic mass is 9.93. The first-order valence-corrected chi connectivity index (χ1v) is 10.3. The summed E-state index contributed by atoms with van der Waals surface area (Å²) in [6, 6.07) is 12.6. The molecule has 2 aliphatic heterocycles. The molecule has 2 fully saturated rings. The van der Waals surface area contributed by atoms with Gasteiger partial charge in [-0.1, -0.05) is 35.5 Å². The number of likely N-dealkylation sites (tertiary alicyclic amines) is 2. The van der Waals surface area contributed by atoms with Crippen LogP contribution in [0.25, 0.3) is 0 Å². The first-order chi connectivity index (χ1) is 13.3. The number of carbonyl (C=O) groups excluding carboxylic acids is 1. The summed E-state index contributed by atoms with van der Waals surface area (Å²) in [6.07, 6.45) is 6.66. The molecule has 0 N–H and O–H groups in total. The molecule has 2 aliphatic rings. The smallest absolute Gasteiger partial charge is 0.292 e. The number of hydrogen-bond acceptors (Lipinski definition) is 4. The van der Waals surface area contributed by atoms with Crippen LogP contribution in [0.1, 0.15) is 59.8 Å². The van der Waals surface area contributed by atoms with Crippen molar-refractivity contribution in [3.8, 4) is 0 Å². The largest absolute Gasteiger partial charge is 0.351 e. The van der Waals surface area contributed by atoms with Crippen LogP contribution >= 0.6 is 0 Å². The van der Waals surface area contributed by atoms with Gasteiger partial charge in [0.05, 0.1) is 5.69 Å². The maximum atomic E-state index is 12.6. The Kier molecular flexibility index (Phi) is 5.87. The zero-order valence-electron chi connectivity index (χ0n) is 16.0. The summed E-state index contributed by atoms with van der Waals surface area (Å²) < 4.78 is 5.41. The van der Waals surface area contributed by atoms with Gasteiger partial charge in [-0.15, -0.1) is 0 Å². The third-order valence-corrected chi connectivity index (χ3v) is 5.95. The molecule has 0 atom stereocenters. The second-order valence-corrected chi connectivity index (χ2v) is 7.82. The zero-order chi connectivity index (χ0) is 18.5. The van der Waals surface area contributed by atoms with Crippen molar-refractivity contribution < 1.29 is 9.32 Å². The Bertz CT molecular complexity index is 729. The van der Waals surface area contributed by atoms with E-state index in [-0.39, 0.29) is 5.91 Å². The minimum absolute atomic E-state index is 0.00810. The van der Waals surface area contributed by atoms with E-state index < -0.39 is 0 Å². The molecule has 1 aromatic heterocycles. The van der Waals surface area contributed by atoms with Crippen molar-refractivity contribution in [1.29, 1.82) is 0 Å². The number of piperidine rings is 2. The molecule has 1 amide bonds. The van der Waals surface area contributed by atoms with Crippen LogP contribution < -0.4 is 0 Å². The average molecular weight is 367 g/mol. The van der Waals surface area contributed by atoms with Gasteiger partial charge in [0.15, 0.2) is 0 Å². The summed E-state index contributed by atoms with van der Waals surface area (Å²) >= 11 is 0. The van der Waals surface area contributed by atoms with Crippen LogP contribution in [-0.4, -0.2) is 53.6 Å². The standard InChI is InChI=1S/C22H29N3O2/c26-22(25-12-5-2-6-13-25)21-17-20(23-27-21)19-10-15-24(16-11-19)14-9-18-7-3-1-4-8-18/h1,3-4,7-8,17,19H,2,5-6,9-16H2. The van der Waals surface area contributed by atoms with Gasteiger partial charge in [-0.2, -0.15) is 0 Å². The van der Waals surface area contributed by atoms with Gasteiger partial charge in [0.25, 0.3) is 5.91 Å². The molecule has 0 radical (unpaired) electrons. The van der Waals surface area contributed by atoms with Crippen molar-refractivity contribution in [3.05, 3.63) is 53.4 Å². The third-order valence-electron chi connectivity index (χ3n) is 5.95. The fourth-order valence-electron chi connectivity index (χ4n) is 4.22. The molecule has 3 heterocycles. The van der Waals surface area contributed by atoms with Crippen LogP contribution in [0.2, 0.25) is 0 Å². The summed E-state index contributed by atoms with van der Waals surface area (Å²) in [5, 5.41) is 4.23. The maximum absolute atomic E-state index is 12.6. The van der Waals surface area contributed by atoms with Crippen LogP contribution in [0.15, 0.2) is 40.9 Å². The number of rotatable bonds is 5. The first kappa shape index (κ1) is 18.2. The lowest BCUT2D eigenvalue weighted by Gasteiger charge is -2.31. The van der Waals surface area contributed by atoms with Gasteiger partial charge in [-0.3, -0.25) is 4.79 Å². The van der Waals surface area contributed by atoms with E-state index >= 15 is 0 Å². The van der Waals surface area contributed by atoms with Crippen molar-refractivity contribution >= 4 is 5.91 Å². The lowest BCUT2D eigenvalue weighted by Crippen LogP contribution is -2.35. The Morgan fingerprint density at radius 3 is 2.52 bits per heavy atom. The molecule has 4 rings (SSSR count). The van der Waals surface area contributed by atoms with Gasteiger partial charge in [0.1, 0.15) is 0 Å². The minimum atomic E-state index is 0.00810. The summed E-state index contributed by atoms with van der Waals surface area (Å²) in [5.41, 5.74) is 2.36. The maximum Gasteiger partial charge on any atom is 0.292 e. The van der Waals surface area contributed by atoms with Gasteiger partial charge in [0.2, 0.25) is 5.76 Å². The van der Waals surface area contributed by atoms with E-state index in [0.29, 0.717) is 11.7 Å². The molecular weight excluding hydrogens is 338 g/mol. The van der Waals surface area contributed by atoms with Gasteiger partial charge >= 0.3 is 0 Å². The third kappa shape index (κ3) is 4.59. The Balaban J connectivity index is 1.27. The van der Waals surface area contributed by atoms with Gasteiger partial charge in [-0.05, 0) is 57.2 Å². The Hall–Kier alpha value is -2.14. The summed E-state index contributed by atoms with van der Waals surface area (Å²) in [7, 11) is 0. The Labute approximate surface area is 161 Å². The highest BCUT2D eigenvalue weighted by molar-refractivity contribution is 5.91. The number of carbonyl (C=O) groups is 1. The molecule has 144 valence electrons. The van der Waals surface area contributed by atoms with Crippen molar-refractivity contribution in [2.24, 2.45) is 0 Å². The molecule has 5 heteroatoms. The quantitative estimate of drug-likeness (QED) is 0.808. The fourth-order valence-corrected chi connectivity index (χ4v) is 4.22. The SMILES string of the molecule is O=C(c1cc(C2CCN(CCc3ccccc3)CC2)no1)N1CCCCC1. The molecule has 0 bridgehead atoms. The summed E-state index contributed by atoms with van der Waals surface area (Å²) in [6.45, 7) is 4.96. The number of nitrogens with zero attached hydrogens (tertiary/aromatic N) is 3. The molecule has 2 aromatic rings. The Morgan fingerprint density at radius 1 is 1.04 bits per heavy atom. The summed E-state index contributed by atoms with van der Waals surface area (Å²) in [4.78, 5) is 17.0. The van der Waals surface area contributed by atoms with E-state index in [2.05, 4.69) is 40.4 Å². The molecule has 0 unspecified atom stereocenters. The number of aromatic nitrogens is 1. The fraction of sp³-hybridized carbons (Fsp3) is 0.545. The average Bonchev–Trinajstić information content (AvgIpc) is 3.24. The van der Waals surface area contributed by atoms with Crippen LogP contribution in [-0.2, 0) is 6.42 Å².